The van der Waals surface area contributed by atoms with Gasteiger partial charge in [-0.25, -0.2) is 13.4 Å². The Morgan fingerprint density at radius 2 is 1.91 bits per heavy atom. The van der Waals surface area contributed by atoms with E-state index in [4.69, 9.17) is 28.5 Å². The summed E-state index contributed by atoms with van der Waals surface area (Å²) in [5.74, 6) is 0. The second kappa shape index (κ2) is 7.64. The summed E-state index contributed by atoms with van der Waals surface area (Å²) in [4.78, 5) is 3.82. The minimum atomic E-state index is -3.89. The van der Waals surface area contributed by atoms with Gasteiger partial charge < -0.3 is 0 Å². The van der Waals surface area contributed by atoms with Crippen molar-refractivity contribution in [2.75, 3.05) is 4.72 Å². The van der Waals surface area contributed by atoms with Crippen molar-refractivity contribution in [3.63, 3.8) is 0 Å². The fourth-order valence-electron chi connectivity index (χ4n) is 1.58. The molecule has 0 saturated carbocycles. The van der Waals surface area contributed by atoms with Crippen LogP contribution in [0.3, 0.4) is 0 Å². The fraction of sp³-hybridized carbons (Fsp3) is 0.0769. The van der Waals surface area contributed by atoms with Gasteiger partial charge in [-0.15, -0.1) is 0 Å². The zero-order chi connectivity index (χ0) is 15.6. The fourth-order valence-corrected chi connectivity index (χ4v) is 3.03. The third-order valence-electron chi connectivity index (χ3n) is 2.58. The molecule has 22 heavy (non-hydrogen) atoms. The summed E-state index contributed by atoms with van der Waals surface area (Å²) in [6, 6.07) is 7.31. The second-order valence-corrected chi connectivity index (χ2v) is 6.70. The standard InChI is InChI=1S/C13H9Cl2N3O2S.Na.H/c1-8-4-12(13(6-16)17-7-8)18-21(19,20)9-2-3-10(14)11(15)5-9;;/h2-5,7,18H,1H3;;. The predicted molar refractivity (Wildman–Crippen MR) is 88.1 cm³/mol. The van der Waals surface area contributed by atoms with Gasteiger partial charge in [-0.2, -0.15) is 5.26 Å². The van der Waals surface area contributed by atoms with Crippen LogP contribution in [0.15, 0.2) is 35.4 Å². The van der Waals surface area contributed by atoms with E-state index >= 15 is 0 Å². The van der Waals surface area contributed by atoms with Crippen LogP contribution in [0, 0.1) is 18.3 Å². The number of rotatable bonds is 3. The first-order chi connectivity index (χ1) is 9.83. The van der Waals surface area contributed by atoms with E-state index in [9.17, 15) is 8.42 Å². The van der Waals surface area contributed by atoms with E-state index < -0.39 is 10.0 Å². The summed E-state index contributed by atoms with van der Waals surface area (Å²) in [7, 11) is -3.89. The summed E-state index contributed by atoms with van der Waals surface area (Å²) in [5, 5.41) is 9.35. The molecule has 0 radical (unpaired) electrons. The van der Waals surface area contributed by atoms with Crippen LogP contribution in [0.2, 0.25) is 10.0 Å². The average Bonchev–Trinajstić information content (AvgIpc) is 2.41. The van der Waals surface area contributed by atoms with E-state index in [0.717, 1.165) is 5.56 Å². The zero-order valence-electron chi connectivity index (χ0n) is 10.8. The number of nitrogens with one attached hydrogen (secondary N) is 1. The average molecular weight is 366 g/mol. The molecule has 0 aliphatic heterocycles. The zero-order valence-corrected chi connectivity index (χ0v) is 13.1. The van der Waals surface area contributed by atoms with Crippen molar-refractivity contribution in [1.82, 2.24) is 4.98 Å². The Morgan fingerprint density at radius 1 is 1.23 bits per heavy atom. The summed E-state index contributed by atoms with van der Waals surface area (Å²) < 4.78 is 26.9. The summed E-state index contributed by atoms with van der Waals surface area (Å²) >= 11 is 11.6. The minimum absolute atomic E-state index is 0. The van der Waals surface area contributed by atoms with E-state index in [-0.39, 0.29) is 55.9 Å². The van der Waals surface area contributed by atoms with E-state index in [1.54, 1.807) is 6.92 Å². The Balaban J connectivity index is 0.00000242. The monoisotopic (exact) mass is 365 g/mol. The predicted octanol–water partition coefficient (Wildman–Crippen LogP) is 2.72. The van der Waals surface area contributed by atoms with Crippen LogP contribution < -0.4 is 4.72 Å². The third-order valence-corrected chi connectivity index (χ3v) is 4.68. The van der Waals surface area contributed by atoms with Gasteiger partial charge in [0.25, 0.3) is 10.0 Å². The SMILES string of the molecule is Cc1cnc(C#N)c(NS(=O)(=O)c2ccc(Cl)c(Cl)c2)c1.[NaH]. The normalized spacial score (nSPS) is 10.5. The van der Waals surface area contributed by atoms with Crippen LogP contribution in [-0.4, -0.2) is 43.0 Å². The molecule has 2 rings (SSSR count). The molecule has 0 aliphatic rings. The number of benzene rings is 1. The van der Waals surface area contributed by atoms with Crippen molar-refractivity contribution in [3.8, 4) is 6.07 Å². The van der Waals surface area contributed by atoms with Crippen LogP contribution in [0.1, 0.15) is 11.3 Å². The first kappa shape index (κ1) is 19.2. The molecule has 9 heteroatoms. The van der Waals surface area contributed by atoms with Crippen molar-refractivity contribution < 1.29 is 8.42 Å². The van der Waals surface area contributed by atoms with Crippen molar-refractivity contribution >= 4 is 68.5 Å². The Hall–Kier alpha value is -0.810. The molecule has 110 valence electrons. The molecule has 0 saturated heterocycles. The van der Waals surface area contributed by atoms with Crippen molar-refractivity contribution in [2.24, 2.45) is 0 Å². The number of halogens is 2. The van der Waals surface area contributed by atoms with Gasteiger partial charge in [0, 0.05) is 6.20 Å². The van der Waals surface area contributed by atoms with Gasteiger partial charge in [-0.3, -0.25) is 4.72 Å². The summed E-state index contributed by atoms with van der Waals surface area (Å²) in [6.45, 7) is 1.74. The molecule has 0 bridgehead atoms. The topological polar surface area (TPSA) is 82.8 Å². The van der Waals surface area contributed by atoms with Crippen molar-refractivity contribution in [1.29, 1.82) is 5.26 Å². The molecule has 2 aromatic rings. The molecule has 5 nitrogen and oxygen atoms in total. The van der Waals surface area contributed by atoms with Crippen LogP contribution in [0.4, 0.5) is 5.69 Å². The van der Waals surface area contributed by atoms with Crippen LogP contribution in [0.5, 0.6) is 0 Å². The van der Waals surface area contributed by atoms with Crippen molar-refractivity contribution in [2.45, 2.75) is 11.8 Å². The van der Waals surface area contributed by atoms with E-state index in [2.05, 4.69) is 9.71 Å². The Labute approximate surface area is 160 Å². The molecule has 0 aliphatic carbocycles. The van der Waals surface area contributed by atoms with E-state index in [0.29, 0.717) is 0 Å². The van der Waals surface area contributed by atoms with Gasteiger partial charge in [0.1, 0.15) is 6.07 Å². The second-order valence-electron chi connectivity index (χ2n) is 4.20. The van der Waals surface area contributed by atoms with Crippen molar-refractivity contribution in [3.05, 3.63) is 51.8 Å². The van der Waals surface area contributed by atoms with Gasteiger partial charge in [0.2, 0.25) is 0 Å². The number of aromatic nitrogens is 1. The van der Waals surface area contributed by atoms with Crippen LogP contribution in [0.25, 0.3) is 0 Å². The Kier molecular flexibility index (Phi) is 6.68. The van der Waals surface area contributed by atoms with E-state index in [1.165, 1.54) is 30.5 Å². The summed E-state index contributed by atoms with van der Waals surface area (Å²) in [5.41, 5.74) is 0.827. The number of anilines is 1. The number of hydrogen-bond donors (Lipinski definition) is 1. The molecule has 1 aromatic heterocycles. The van der Waals surface area contributed by atoms with Gasteiger partial charge in [-0.1, -0.05) is 23.2 Å². The molecule has 1 aromatic carbocycles. The first-order valence-corrected chi connectivity index (χ1v) is 7.92. The maximum atomic E-state index is 12.3. The molecule has 0 spiro atoms. The third kappa shape index (κ3) is 4.35. The van der Waals surface area contributed by atoms with E-state index in [1.807, 2.05) is 6.07 Å². The van der Waals surface area contributed by atoms with Gasteiger partial charge in [0.05, 0.1) is 20.6 Å². The number of aryl methyl sites for hydroxylation is 1. The maximum absolute atomic E-state index is 12.3. The number of sulfonamides is 1. The molecule has 0 amide bonds. The number of pyridine rings is 1. The molecule has 0 fully saturated rings. The molecule has 1 N–H and O–H groups in total. The number of nitriles is 1. The Bertz CT molecular complexity index is 851. The van der Waals surface area contributed by atoms with Crippen LogP contribution in [-0.2, 0) is 10.0 Å². The molecule has 0 atom stereocenters. The van der Waals surface area contributed by atoms with Crippen LogP contribution >= 0.6 is 23.2 Å². The molecule has 0 unspecified atom stereocenters. The van der Waals surface area contributed by atoms with Gasteiger partial charge in [-0.05, 0) is 36.8 Å². The summed E-state index contributed by atoms with van der Waals surface area (Å²) in [6.07, 6.45) is 1.48. The molecule has 1 heterocycles. The van der Waals surface area contributed by atoms with Gasteiger partial charge >= 0.3 is 29.6 Å². The quantitative estimate of drug-likeness (QED) is 0.847. The first-order valence-electron chi connectivity index (χ1n) is 5.68. The van der Waals surface area contributed by atoms with Gasteiger partial charge in [0.15, 0.2) is 5.69 Å². The molecular formula is C13H10Cl2N3NaO2S. The molecular weight excluding hydrogens is 356 g/mol. The number of nitrogens with zero attached hydrogens (tertiary/aromatic N) is 2. The number of hydrogen-bond acceptors (Lipinski definition) is 4. The Morgan fingerprint density at radius 3 is 2.50 bits per heavy atom.